The van der Waals surface area contributed by atoms with E-state index in [2.05, 4.69) is 15.5 Å². The molecule has 5 rings (SSSR count). The maximum Gasteiger partial charge on any atom is 0.360 e. The Bertz CT molecular complexity index is 1360. The Morgan fingerprint density at radius 1 is 0.921 bits per heavy atom. The molecule has 4 N–H and O–H groups in total. The molecule has 1 aromatic heterocycles. The number of thiazole rings is 1. The normalized spacial score (nSPS) is 14.8. The summed E-state index contributed by atoms with van der Waals surface area (Å²) in [4.78, 5) is 33.9. The fourth-order valence-corrected chi connectivity index (χ4v) is 5.34. The van der Waals surface area contributed by atoms with Gasteiger partial charge in [0.05, 0.1) is 0 Å². The van der Waals surface area contributed by atoms with Crippen LogP contribution in [0.5, 0.6) is 0 Å². The molecule has 3 aromatic carbocycles. The van der Waals surface area contributed by atoms with Crippen molar-refractivity contribution < 1.29 is 19.5 Å². The molecular weight excluding hydrogens is 500 g/mol. The van der Waals surface area contributed by atoms with Crippen LogP contribution < -0.4 is 11.1 Å². The van der Waals surface area contributed by atoms with E-state index in [0.717, 1.165) is 23.1 Å². The zero-order valence-electron chi connectivity index (χ0n) is 20.4. The number of oxime groups is 1. The van der Waals surface area contributed by atoms with Crippen LogP contribution in [0.1, 0.15) is 41.6 Å². The van der Waals surface area contributed by atoms with Gasteiger partial charge in [0.25, 0.3) is 5.91 Å². The fourth-order valence-electron chi connectivity index (χ4n) is 4.59. The number of carboxylic acid groups (broad SMARTS) is 1. The first kappa shape index (κ1) is 25.2. The van der Waals surface area contributed by atoms with Gasteiger partial charge in [-0.2, -0.15) is 0 Å². The van der Waals surface area contributed by atoms with Gasteiger partial charge in [-0.1, -0.05) is 96.2 Å². The molecule has 0 spiro atoms. The number of anilines is 1. The summed E-state index contributed by atoms with van der Waals surface area (Å²) in [6.07, 6.45) is 1.55. The highest BCUT2D eigenvalue weighted by Crippen LogP contribution is 2.41. The molecule has 1 aliphatic rings. The molecule has 0 atom stereocenters. The molecule has 192 valence electrons. The lowest BCUT2D eigenvalue weighted by Gasteiger charge is -2.36. The second kappa shape index (κ2) is 10.5. The first-order valence-electron chi connectivity index (χ1n) is 12.1. The van der Waals surface area contributed by atoms with Gasteiger partial charge < -0.3 is 21.0 Å². The third-order valence-electron chi connectivity index (χ3n) is 6.79. The lowest BCUT2D eigenvalue weighted by atomic mass is 9.77. The number of carboxylic acids is 1. The molecule has 1 heterocycles. The van der Waals surface area contributed by atoms with Crippen LogP contribution in [0.4, 0.5) is 5.13 Å². The van der Waals surface area contributed by atoms with Crippen LogP contribution in [0.3, 0.4) is 0 Å². The molecular formula is C29H26N4O4S. The van der Waals surface area contributed by atoms with E-state index in [1.807, 2.05) is 91.0 Å². The van der Waals surface area contributed by atoms with Crippen molar-refractivity contribution in [1.29, 1.82) is 0 Å². The van der Waals surface area contributed by atoms with Crippen LogP contribution >= 0.6 is 11.3 Å². The number of carbonyl (C=O) groups excluding carboxylic acids is 1. The highest BCUT2D eigenvalue weighted by atomic mass is 32.1. The average molecular weight is 527 g/mol. The predicted octanol–water partition coefficient (Wildman–Crippen LogP) is 4.76. The largest absolute Gasteiger partial charge is 0.476 e. The van der Waals surface area contributed by atoms with E-state index in [1.165, 1.54) is 11.3 Å². The van der Waals surface area contributed by atoms with Crippen molar-refractivity contribution in [2.24, 2.45) is 10.9 Å². The quantitative estimate of drug-likeness (QED) is 0.155. The Hall–Kier alpha value is -4.50. The van der Waals surface area contributed by atoms with Gasteiger partial charge in [-0.15, -0.1) is 11.3 Å². The van der Waals surface area contributed by atoms with Crippen LogP contribution in [0.25, 0.3) is 0 Å². The Morgan fingerprint density at radius 2 is 1.42 bits per heavy atom. The molecule has 0 bridgehead atoms. The van der Waals surface area contributed by atoms with Crippen molar-refractivity contribution in [1.82, 2.24) is 4.98 Å². The summed E-state index contributed by atoms with van der Waals surface area (Å²) in [7, 11) is 0. The molecule has 8 nitrogen and oxygen atoms in total. The number of amides is 1. The van der Waals surface area contributed by atoms with Crippen molar-refractivity contribution in [3.05, 3.63) is 119 Å². The second-order valence-electron chi connectivity index (χ2n) is 9.06. The zero-order chi connectivity index (χ0) is 26.6. The molecule has 0 aliphatic heterocycles. The summed E-state index contributed by atoms with van der Waals surface area (Å²) in [6.45, 7) is 0. The highest BCUT2D eigenvalue weighted by molar-refractivity contribution is 7.14. The van der Waals surface area contributed by atoms with Gasteiger partial charge in [0.2, 0.25) is 11.3 Å². The van der Waals surface area contributed by atoms with Gasteiger partial charge in [0.15, 0.2) is 5.13 Å². The van der Waals surface area contributed by atoms with Gasteiger partial charge in [-0.3, -0.25) is 4.79 Å². The maximum absolute atomic E-state index is 12.1. The van der Waals surface area contributed by atoms with E-state index in [4.69, 9.17) is 10.6 Å². The number of benzene rings is 3. The number of aromatic nitrogens is 1. The van der Waals surface area contributed by atoms with Gasteiger partial charge in [-0.25, -0.2) is 9.78 Å². The number of hydrogen-bond acceptors (Lipinski definition) is 7. The monoisotopic (exact) mass is 526 g/mol. The number of nitrogens with zero attached hydrogens (tertiary/aromatic N) is 2. The summed E-state index contributed by atoms with van der Waals surface area (Å²) in [5.74, 6) is -1.97. The number of hydrogen-bond donors (Lipinski definition) is 3. The van der Waals surface area contributed by atoms with Crippen molar-refractivity contribution in [3.8, 4) is 0 Å². The Kier molecular flexibility index (Phi) is 6.93. The van der Waals surface area contributed by atoms with E-state index in [0.29, 0.717) is 18.0 Å². The van der Waals surface area contributed by atoms with E-state index < -0.39 is 28.7 Å². The number of carbonyl (C=O) groups is 2. The van der Waals surface area contributed by atoms with Crippen LogP contribution in [-0.2, 0) is 20.0 Å². The predicted molar refractivity (Wildman–Crippen MR) is 146 cm³/mol. The topological polar surface area (TPSA) is 127 Å². The average Bonchev–Trinajstić information content (AvgIpc) is 3.37. The Morgan fingerprint density at radius 3 is 1.82 bits per heavy atom. The Balaban J connectivity index is 1.57. The summed E-state index contributed by atoms with van der Waals surface area (Å²) in [5, 5.41) is 19.4. The molecule has 0 unspecified atom stereocenters. The third kappa shape index (κ3) is 4.64. The van der Waals surface area contributed by atoms with Crippen molar-refractivity contribution in [3.63, 3.8) is 0 Å². The highest BCUT2D eigenvalue weighted by Gasteiger charge is 2.46. The first-order chi connectivity index (χ1) is 18.4. The second-order valence-corrected chi connectivity index (χ2v) is 9.92. The lowest BCUT2D eigenvalue weighted by molar-refractivity contribution is -0.157. The Labute approximate surface area is 223 Å². The van der Waals surface area contributed by atoms with Gasteiger partial charge in [0.1, 0.15) is 11.2 Å². The van der Waals surface area contributed by atoms with Crippen molar-refractivity contribution in [2.75, 3.05) is 5.32 Å². The van der Waals surface area contributed by atoms with E-state index in [1.54, 1.807) is 5.38 Å². The molecule has 0 saturated heterocycles. The molecule has 0 radical (unpaired) electrons. The number of primary amides is 1. The fraction of sp³-hybridized carbons (Fsp3) is 0.172. The van der Waals surface area contributed by atoms with Gasteiger partial charge in [0, 0.05) is 5.38 Å². The number of aliphatic carboxylic acids is 1. The standard InChI is InChI=1S/C29H26N4O4S/c30-26(36)28(17-10-18-28)37-33-24(25(34)35)23-19-38-27(31-23)32-29(20-11-4-1-5-12-20,21-13-6-2-7-14-21)22-15-8-3-9-16-22/h1-9,11-16,19H,10,17-18H2,(H2,30,36)(H,31,32)(H,34,35)/b33-24-. The van der Waals surface area contributed by atoms with Gasteiger partial charge >= 0.3 is 5.97 Å². The van der Waals surface area contributed by atoms with E-state index in [9.17, 15) is 14.7 Å². The molecule has 1 aliphatic carbocycles. The number of nitrogens with one attached hydrogen (secondary N) is 1. The van der Waals surface area contributed by atoms with Crippen LogP contribution in [0.15, 0.2) is 102 Å². The van der Waals surface area contributed by atoms with Crippen LogP contribution in [-0.4, -0.2) is 33.3 Å². The minimum atomic E-state index is -1.32. The van der Waals surface area contributed by atoms with Gasteiger partial charge in [-0.05, 0) is 36.0 Å². The molecule has 9 heteroatoms. The number of nitrogens with two attached hydrogens (primary N) is 1. The number of rotatable bonds is 10. The van der Waals surface area contributed by atoms with Crippen molar-refractivity contribution in [2.45, 2.75) is 30.4 Å². The molecule has 1 fully saturated rings. The van der Waals surface area contributed by atoms with E-state index >= 15 is 0 Å². The van der Waals surface area contributed by atoms with Crippen LogP contribution in [0.2, 0.25) is 0 Å². The van der Waals surface area contributed by atoms with E-state index in [-0.39, 0.29) is 5.69 Å². The summed E-state index contributed by atoms with van der Waals surface area (Å²) < 4.78 is 0. The zero-order valence-corrected chi connectivity index (χ0v) is 21.2. The minimum Gasteiger partial charge on any atom is -0.476 e. The maximum atomic E-state index is 12.1. The summed E-state index contributed by atoms with van der Waals surface area (Å²) in [5.41, 5.74) is 6.06. The third-order valence-corrected chi connectivity index (χ3v) is 7.54. The minimum absolute atomic E-state index is 0.118. The molecule has 1 amide bonds. The molecule has 4 aromatic rings. The summed E-state index contributed by atoms with van der Waals surface area (Å²) in [6, 6.07) is 30.0. The molecule has 38 heavy (non-hydrogen) atoms. The lowest BCUT2D eigenvalue weighted by Crippen LogP contribution is -2.51. The summed E-state index contributed by atoms with van der Waals surface area (Å²) >= 11 is 1.25. The first-order valence-corrected chi connectivity index (χ1v) is 13.0. The SMILES string of the molecule is NC(=O)C1(O/N=C(\C(=O)O)c2csc(NC(c3ccccc3)(c3ccccc3)c3ccccc3)n2)CCC1. The van der Waals surface area contributed by atoms with Crippen LogP contribution in [0, 0.1) is 0 Å². The smallest absolute Gasteiger partial charge is 0.360 e. The van der Waals surface area contributed by atoms with Crippen molar-refractivity contribution >= 4 is 34.1 Å². The molecule has 1 saturated carbocycles.